The quantitative estimate of drug-likeness (QED) is 0.603. The summed E-state index contributed by atoms with van der Waals surface area (Å²) in [6.07, 6.45) is 0. The highest BCUT2D eigenvalue weighted by Crippen LogP contribution is 2.40. The first kappa shape index (κ1) is 20.7. The van der Waals surface area contributed by atoms with Crippen molar-refractivity contribution in [3.63, 3.8) is 0 Å². The van der Waals surface area contributed by atoms with E-state index in [0.717, 1.165) is 0 Å². The van der Waals surface area contributed by atoms with Crippen molar-refractivity contribution in [2.45, 2.75) is 0 Å². The van der Waals surface area contributed by atoms with Crippen molar-refractivity contribution in [3.05, 3.63) is 17.7 Å². The molecule has 1 aromatic rings. The normalized spacial score (nSPS) is 15.4. The van der Waals surface area contributed by atoms with Gasteiger partial charge in [0.05, 0.1) is 32.4 Å². The lowest BCUT2D eigenvalue weighted by Gasteiger charge is -2.28. The Labute approximate surface area is 168 Å². The summed E-state index contributed by atoms with van der Waals surface area (Å²) in [6, 6.07) is 2.95. The van der Waals surface area contributed by atoms with E-state index >= 15 is 0 Å². The molecule has 2 heterocycles. The van der Waals surface area contributed by atoms with Crippen LogP contribution in [0.4, 0.5) is 0 Å². The van der Waals surface area contributed by atoms with Crippen LogP contribution in [0, 0.1) is 0 Å². The highest BCUT2D eigenvalue weighted by atomic mass is 16.6. The van der Waals surface area contributed by atoms with E-state index in [9.17, 15) is 14.4 Å². The second-order valence-corrected chi connectivity index (χ2v) is 6.52. The third-order valence-electron chi connectivity index (χ3n) is 4.55. The monoisotopic (exact) mass is 408 g/mol. The molecule has 1 aromatic carbocycles. The van der Waals surface area contributed by atoms with Crippen LogP contribution in [-0.2, 0) is 19.1 Å². The number of carbonyl (C=O) groups excluding carboxylic acids is 3. The molecule has 3 rings (SSSR count). The Morgan fingerprint density at radius 2 is 1.83 bits per heavy atom. The number of rotatable bonds is 6. The summed E-state index contributed by atoms with van der Waals surface area (Å²) in [7, 11) is 2.94. The molecular formula is C19H24N2O8. The summed E-state index contributed by atoms with van der Waals surface area (Å²) >= 11 is 0. The first-order valence-electron chi connectivity index (χ1n) is 9.24. The second kappa shape index (κ2) is 9.46. The maximum Gasteiger partial charge on any atom is 0.338 e. The molecule has 2 aliphatic rings. The van der Waals surface area contributed by atoms with Gasteiger partial charge in [-0.3, -0.25) is 9.59 Å². The zero-order chi connectivity index (χ0) is 20.8. The van der Waals surface area contributed by atoms with Crippen LogP contribution in [0.25, 0.3) is 0 Å². The Kier molecular flexibility index (Phi) is 6.76. The third kappa shape index (κ3) is 5.08. The number of ether oxygens (including phenoxy) is 5. The number of hydrogen-bond acceptors (Lipinski definition) is 8. The van der Waals surface area contributed by atoms with Gasteiger partial charge in [-0.1, -0.05) is 0 Å². The molecule has 0 saturated carbocycles. The molecule has 0 aliphatic carbocycles. The second-order valence-electron chi connectivity index (χ2n) is 6.52. The molecule has 0 aromatic heterocycles. The molecule has 0 spiro atoms. The number of hydrogen-bond donors (Lipinski definition) is 0. The SMILES string of the molecule is COc1cc(C(=O)OCC(=O)N(C)CC(=O)N2CCOCC2)cc2c1OCCO2. The van der Waals surface area contributed by atoms with Gasteiger partial charge in [-0.05, 0) is 12.1 Å². The third-order valence-corrected chi connectivity index (χ3v) is 4.55. The number of likely N-dealkylation sites (N-methyl/N-ethyl adjacent to an activating group) is 1. The predicted octanol–water partition coefficient (Wildman–Crippen LogP) is -0.0596. The Bertz CT molecular complexity index is 758. The highest BCUT2D eigenvalue weighted by Gasteiger charge is 2.24. The fourth-order valence-electron chi connectivity index (χ4n) is 2.92. The number of benzene rings is 1. The molecule has 1 fully saturated rings. The molecule has 2 aliphatic heterocycles. The molecule has 10 heteroatoms. The van der Waals surface area contributed by atoms with Crippen molar-refractivity contribution >= 4 is 17.8 Å². The number of amides is 2. The average Bonchev–Trinajstić information content (AvgIpc) is 2.76. The predicted molar refractivity (Wildman–Crippen MR) is 99.3 cm³/mol. The largest absolute Gasteiger partial charge is 0.493 e. The topological polar surface area (TPSA) is 104 Å². The van der Waals surface area contributed by atoms with Crippen molar-refractivity contribution in [2.75, 3.05) is 66.8 Å². The maximum atomic E-state index is 12.4. The molecular weight excluding hydrogens is 384 g/mol. The minimum atomic E-state index is -0.707. The fraction of sp³-hybridized carbons (Fsp3) is 0.526. The number of carbonyl (C=O) groups is 3. The average molecular weight is 408 g/mol. The zero-order valence-corrected chi connectivity index (χ0v) is 16.5. The van der Waals surface area contributed by atoms with Crippen LogP contribution in [0.1, 0.15) is 10.4 Å². The fourth-order valence-corrected chi connectivity index (χ4v) is 2.92. The van der Waals surface area contributed by atoms with E-state index < -0.39 is 18.5 Å². The van der Waals surface area contributed by atoms with Gasteiger partial charge in [0.1, 0.15) is 13.2 Å². The number of nitrogens with zero attached hydrogens (tertiary/aromatic N) is 2. The summed E-state index contributed by atoms with van der Waals surface area (Å²) in [5, 5.41) is 0. The number of morpholine rings is 1. The number of esters is 1. The van der Waals surface area contributed by atoms with E-state index in [0.29, 0.717) is 56.8 Å². The Morgan fingerprint density at radius 1 is 1.10 bits per heavy atom. The summed E-state index contributed by atoms with van der Waals surface area (Å²) < 4.78 is 26.5. The lowest BCUT2D eigenvalue weighted by molar-refractivity contribution is -0.143. The van der Waals surface area contributed by atoms with Gasteiger partial charge in [0.25, 0.3) is 5.91 Å². The lowest BCUT2D eigenvalue weighted by Crippen LogP contribution is -2.46. The van der Waals surface area contributed by atoms with Crippen LogP contribution in [0.3, 0.4) is 0 Å². The smallest absolute Gasteiger partial charge is 0.338 e. The van der Waals surface area contributed by atoms with Crippen LogP contribution >= 0.6 is 0 Å². The van der Waals surface area contributed by atoms with Crippen molar-refractivity contribution in [2.24, 2.45) is 0 Å². The van der Waals surface area contributed by atoms with Gasteiger partial charge < -0.3 is 33.5 Å². The lowest BCUT2D eigenvalue weighted by atomic mass is 10.1. The van der Waals surface area contributed by atoms with Crippen LogP contribution < -0.4 is 14.2 Å². The first-order valence-corrected chi connectivity index (χ1v) is 9.24. The molecule has 0 bridgehead atoms. The molecule has 10 nitrogen and oxygen atoms in total. The standard InChI is InChI=1S/C19H24N2O8/c1-20(11-16(22)21-3-5-26-6-4-21)17(23)12-29-19(24)13-9-14(25-2)18-15(10-13)27-7-8-28-18/h9-10H,3-8,11-12H2,1-2H3. The van der Waals surface area contributed by atoms with Crippen molar-refractivity contribution in [1.29, 1.82) is 0 Å². The summed E-state index contributed by atoms with van der Waals surface area (Å²) in [5.74, 6) is -0.221. The number of methoxy groups -OCH3 is 1. The van der Waals surface area contributed by atoms with Gasteiger partial charge in [-0.15, -0.1) is 0 Å². The minimum Gasteiger partial charge on any atom is -0.493 e. The van der Waals surface area contributed by atoms with E-state index in [1.54, 1.807) is 4.90 Å². The molecule has 0 radical (unpaired) electrons. The Balaban J connectivity index is 1.54. The molecule has 158 valence electrons. The minimum absolute atomic E-state index is 0.0891. The molecule has 0 unspecified atom stereocenters. The number of fused-ring (bicyclic) bond motifs is 1. The summed E-state index contributed by atoms with van der Waals surface area (Å²) in [6.45, 7) is 2.15. The molecule has 0 atom stereocenters. The molecule has 1 saturated heterocycles. The van der Waals surface area contributed by atoms with E-state index in [4.69, 9.17) is 23.7 Å². The molecule has 29 heavy (non-hydrogen) atoms. The van der Waals surface area contributed by atoms with Crippen LogP contribution in [-0.4, -0.2) is 94.4 Å². The van der Waals surface area contributed by atoms with E-state index in [2.05, 4.69) is 0 Å². The van der Waals surface area contributed by atoms with Gasteiger partial charge in [0.2, 0.25) is 11.7 Å². The summed E-state index contributed by atoms with van der Waals surface area (Å²) in [4.78, 5) is 39.7. The van der Waals surface area contributed by atoms with E-state index in [-0.39, 0.29) is 18.0 Å². The highest BCUT2D eigenvalue weighted by molar-refractivity contribution is 5.93. The van der Waals surface area contributed by atoms with Gasteiger partial charge in [0, 0.05) is 20.1 Å². The van der Waals surface area contributed by atoms with Crippen molar-refractivity contribution < 1.29 is 38.1 Å². The van der Waals surface area contributed by atoms with E-state index in [1.165, 1.54) is 31.2 Å². The Morgan fingerprint density at radius 3 is 2.55 bits per heavy atom. The van der Waals surface area contributed by atoms with E-state index in [1.807, 2.05) is 0 Å². The molecule has 2 amide bonds. The van der Waals surface area contributed by atoms with Crippen molar-refractivity contribution in [3.8, 4) is 17.2 Å². The van der Waals surface area contributed by atoms with Crippen molar-refractivity contribution in [1.82, 2.24) is 9.80 Å². The maximum absolute atomic E-state index is 12.4. The van der Waals surface area contributed by atoms with Gasteiger partial charge >= 0.3 is 5.97 Å². The van der Waals surface area contributed by atoms with Crippen LogP contribution in [0.5, 0.6) is 17.2 Å². The summed E-state index contributed by atoms with van der Waals surface area (Å²) in [5.41, 5.74) is 0.172. The van der Waals surface area contributed by atoms with Crippen LogP contribution in [0.2, 0.25) is 0 Å². The van der Waals surface area contributed by atoms with Crippen LogP contribution in [0.15, 0.2) is 12.1 Å². The van der Waals surface area contributed by atoms with Gasteiger partial charge in [-0.2, -0.15) is 0 Å². The van der Waals surface area contributed by atoms with Gasteiger partial charge in [-0.25, -0.2) is 4.79 Å². The molecule has 0 N–H and O–H groups in total. The van der Waals surface area contributed by atoms with Gasteiger partial charge in [0.15, 0.2) is 18.1 Å². The Hall–Kier alpha value is -3.01. The zero-order valence-electron chi connectivity index (χ0n) is 16.5. The first-order chi connectivity index (χ1) is 14.0.